The molecule has 1 N–H and O–H groups in total. The standard InChI is InChI=1S/C15H28N2O3/c1-11(10-18)16(5)13(19)12-6-8-17(9-7-12)14(20)15(2,3)4/h11-12,18H,6-10H2,1-5H3. The highest BCUT2D eigenvalue weighted by Crippen LogP contribution is 2.24. The van der Waals surface area contributed by atoms with Crippen molar-refractivity contribution in [1.29, 1.82) is 0 Å². The molecule has 1 rings (SSSR count). The lowest BCUT2D eigenvalue weighted by Gasteiger charge is -2.37. The summed E-state index contributed by atoms with van der Waals surface area (Å²) in [5.41, 5.74) is -0.362. The van der Waals surface area contributed by atoms with E-state index in [1.165, 1.54) is 0 Å². The van der Waals surface area contributed by atoms with Crippen LogP contribution in [0.5, 0.6) is 0 Å². The van der Waals surface area contributed by atoms with Gasteiger partial charge in [-0.2, -0.15) is 0 Å². The van der Waals surface area contributed by atoms with Gasteiger partial charge in [0.05, 0.1) is 12.6 Å². The third-order valence-electron chi connectivity index (χ3n) is 4.05. The highest BCUT2D eigenvalue weighted by Gasteiger charge is 2.33. The first-order valence-electron chi connectivity index (χ1n) is 7.35. The normalized spacial score (nSPS) is 18.8. The zero-order valence-electron chi connectivity index (χ0n) is 13.3. The van der Waals surface area contributed by atoms with Gasteiger partial charge >= 0.3 is 0 Å². The van der Waals surface area contributed by atoms with E-state index in [2.05, 4.69) is 0 Å². The van der Waals surface area contributed by atoms with Crippen molar-refractivity contribution in [2.45, 2.75) is 46.6 Å². The fraction of sp³-hybridized carbons (Fsp3) is 0.867. The van der Waals surface area contributed by atoms with Gasteiger partial charge in [-0.05, 0) is 19.8 Å². The van der Waals surface area contributed by atoms with Gasteiger partial charge in [0.1, 0.15) is 0 Å². The number of likely N-dealkylation sites (N-methyl/N-ethyl adjacent to an activating group) is 1. The molecule has 0 aromatic rings. The Kier molecular flexibility index (Phi) is 5.57. The van der Waals surface area contributed by atoms with E-state index in [-0.39, 0.29) is 35.8 Å². The number of nitrogens with zero attached hydrogens (tertiary/aromatic N) is 2. The fourth-order valence-electron chi connectivity index (χ4n) is 2.43. The molecule has 0 aromatic heterocycles. The van der Waals surface area contributed by atoms with E-state index < -0.39 is 0 Å². The van der Waals surface area contributed by atoms with Crippen LogP contribution >= 0.6 is 0 Å². The highest BCUT2D eigenvalue weighted by atomic mass is 16.3. The predicted molar refractivity (Wildman–Crippen MR) is 78.1 cm³/mol. The molecule has 0 aliphatic carbocycles. The summed E-state index contributed by atoms with van der Waals surface area (Å²) >= 11 is 0. The zero-order valence-corrected chi connectivity index (χ0v) is 13.3. The van der Waals surface area contributed by atoms with E-state index in [0.717, 1.165) is 0 Å². The Morgan fingerprint density at radius 3 is 2.20 bits per heavy atom. The fourth-order valence-corrected chi connectivity index (χ4v) is 2.43. The van der Waals surface area contributed by atoms with Crippen LogP contribution in [0.15, 0.2) is 0 Å². The van der Waals surface area contributed by atoms with Crippen LogP contribution in [0.25, 0.3) is 0 Å². The maximum absolute atomic E-state index is 12.3. The van der Waals surface area contributed by atoms with Crippen molar-refractivity contribution in [3.63, 3.8) is 0 Å². The average Bonchev–Trinajstić information content (AvgIpc) is 2.43. The molecule has 0 saturated carbocycles. The van der Waals surface area contributed by atoms with Gasteiger partial charge in [-0.3, -0.25) is 9.59 Å². The highest BCUT2D eigenvalue weighted by molar-refractivity contribution is 5.82. The van der Waals surface area contributed by atoms with Gasteiger partial charge in [-0.15, -0.1) is 0 Å². The second kappa shape index (κ2) is 6.57. The van der Waals surface area contributed by atoms with Gasteiger partial charge in [0.2, 0.25) is 11.8 Å². The molecule has 1 heterocycles. The van der Waals surface area contributed by atoms with Crippen molar-refractivity contribution in [3.05, 3.63) is 0 Å². The summed E-state index contributed by atoms with van der Waals surface area (Å²) < 4.78 is 0. The summed E-state index contributed by atoms with van der Waals surface area (Å²) in [4.78, 5) is 27.9. The molecule has 20 heavy (non-hydrogen) atoms. The van der Waals surface area contributed by atoms with E-state index in [1.807, 2.05) is 32.6 Å². The summed E-state index contributed by atoms with van der Waals surface area (Å²) in [6.07, 6.45) is 1.42. The van der Waals surface area contributed by atoms with Crippen LogP contribution in [0.4, 0.5) is 0 Å². The molecule has 1 aliphatic heterocycles. The third-order valence-corrected chi connectivity index (χ3v) is 4.05. The smallest absolute Gasteiger partial charge is 0.227 e. The summed E-state index contributed by atoms with van der Waals surface area (Å²) in [5.74, 6) is 0.202. The van der Waals surface area contributed by atoms with Gasteiger partial charge in [-0.1, -0.05) is 20.8 Å². The topological polar surface area (TPSA) is 60.9 Å². The van der Waals surface area contributed by atoms with E-state index in [4.69, 9.17) is 5.11 Å². The van der Waals surface area contributed by atoms with E-state index in [9.17, 15) is 9.59 Å². The van der Waals surface area contributed by atoms with Crippen LogP contribution in [-0.2, 0) is 9.59 Å². The zero-order chi connectivity index (χ0) is 15.5. The van der Waals surface area contributed by atoms with Crippen molar-refractivity contribution >= 4 is 11.8 Å². The molecular formula is C15H28N2O3. The molecule has 5 nitrogen and oxygen atoms in total. The Morgan fingerprint density at radius 2 is 1.80 bits per heavy atom. The van der Waals surface area contributed by atoms with Gasteiger partial charge in [0.15, 0.2) is 0 Å². The molecule has 1 fully saturated rings. The largest absolute Gasteiger partial charge is 0.394 e. The molecule has 1 atom stereocenters. The second-order valence-electron chi connectivity index (χ2n) is 6.80. The summed E-state index contributed by atoms with van der Waals surface area (Å²) in [6.45, 7) is 8.86. The van der Waals surface area contributed by atoms with Crippen molar-refractivity contribution in [2.24, 2.45) is 11.3 Å². The molecule has 1 saturated heterocycles. The molecule has 1 aliphatic rings. The molecule has 2 amide bonds. The van der Waals surface area contributed by atoms with Crippen LogP contribution in [0.1, 0.15) is 40.5 Å². The van der Waals surface area contributed by atoms with Crippen LogP contribution in [0.3, 0.4) is 0 Å². The lowest BCUT2D eigenvalue weighted by molar-refractivity contribution is -0.145. The molecule has 0 spiro atoms. The van der Waals surface area contributed by atoms with Gasteiger partial charge in [0, 0.05) is 31.5 Å². The van der Waals surface area contributed by atoms with Gasteiger partial charge in [-0.25, -0.2) is 0 Å². The quantitative estimate of drug-likeness (QED) is 0.844. The van der Waals surface area contributed by atoms with Crippen LogP contribution in [0, 0.1) is 11.3 Å². The Morgan fingerprint density at radius 1 is 1.30 bits per heavy atom. The number of aliphatic hydroxyl groups is 1. The molecule has 0 aromatic carbocycles. The molecule has 5 heteroatoms. The van der Waals surface area contributed by atoms with Gasteiger partial charge < -0.3 is 14.9 Å². The minimum atomic E-state index is -0.362. The predicted octanol–water partition coefficient (Wildman–Crippen LogP) is 1.11. The van der Waals surface area contributed by atoms with Crippen LogP contribution in [-0.4, -0.2) is 59.5 Å². The van der Waals surface area contributed by atoms with Crippen molar-refractivity contribution in [3.8, 4) is 0 Å². The summed E-state index contributed by atoms with van der Waals surface area (Å²) in [7, 11) is 1.73. The molecule has 0 radical (unpaired) electrons. The molecule has 1 unspecified atom stereocenters. The molecular weight excluding hydrogens is 256 g/mol. The number of amides is 2. The minimum absolute atomic E-state index is 0.0242. The number of aliphatic hydroxyl groups excluding tert-OH is 1. The lowest BCUT2D eigenvalue weighted by atomic mass is 9.90. The van der Waals surface area contributed by atoms with Crippen molar-refractivity contribution in [2.75, 3.05) is 26.7 Å². The van der Waals surface area contributed by atoms with Crippen LogP contribution < -0.4 is 0 Å². The first-order valence-corrected chi connectivity index (χ1v) is 7.35. The van der Waals surface area contributed by atoms with Gasteiger partial charge in [0.25, 0.3) is 0 Å². The lowest BCUT2D eigenvalue weighted by Crippen LogP contribution is -2.48. The summed E-state index contributed by atoms with van der Waals surface area (Å²) in [5, 5.41) is 9.11. The number of hydrogen-bond donors (Lipinski definition) is 1. The number of rotatable bonds is 3. The number of piperidine rings is 1. The number of carbonyl (C=O) groups is 2. The van der Waals surface area contributed by atoms with Crippen molar-refractivity contribution < 1.29 is 14.7 Å². The molecule has 0 bridgehead atoms. The minimum Gasteiger partial charge on any atom is -0.394 e. The van der Waals surface area contributed by atoms with E-state index in [1.54, 1.807) is 11.9 Å². The Hall–Kier alpha value is -1.10. The van der Waals surface area contributed by atoms with Crippen molar-refractivity contribution in [1.82, 2.24) is 9.80 Å². The number of carbonyl (C=O) groups excluding carboxylic acids is 2. The summed E-state index contributed by atoms with van der Waals surface area (Å²) in [6, 6.07) is -0.156. The Balaban J connectivity index is 2.54. The Bertz CT molecular complexity index is 355. The van der Waals surface area contributed by atoms with E-state index >= 15 is 0 Å². The second-order valence-corrected chi connectivity index (χ2v) is 6.80. The third kappa shape index (κ3) is 3.95. The van der Waals surface area contributed by atoms with Crippen LogP contribution in [0.2, 0.25) is 0 Å². The first kappa shape index (κ1) is 17.0. The maximum Gasteiger partial charge on any atom is 0.227 e. The monoisotopic (exact) mass is 284 g/mol. The Labute approximate surface area is 121 Å². The van der Waals surface area contributed by atoms with E-state index in [0.29, 0.717) is 25.9 Å². The number of hydrogen-bond acceptors (Lipinski definition) is 3. The first-order chi connectivity index (χ1) is 9.18. The SMILES string of the molecule is CC(CO)N(C)C(=O)C1CCN(C(=O)C(C)(C)C)CC1. The number of likely N-dealkylation sites (tertiary alicyclic amines) is 1. The molecule has 116 valence electrons. The maximum atomic E-state index is 12.3. The average molecular weight is 284 g/mol.